The normalized spacial score (nSPS) is 50.6. The highest BCUT2D eigenvalue weighted by atomic mass is 16.4. The largest absolute Gasteiger partial charge is 0.481 e. The third-order valence-corrected chi connectivity index (χ3v) is 5.73. The van der Waals surface area contributed by atoms with Crippen LogP contribution < -0.4 is 5.73 Å². The summed E-state index contributed by atoms with van der Waals surface area (Å²) in [7, 11) is 0. The molecule has 0 aliphatic heterocycles. The van der Waals surface area contributed by atoms with E-state index in [9.17, 15) is 9.90 Å². The first-order chi connectivity index (χ1) is 8.17. The van der Waals surface area contributed by atoms with Gasteiger partial charge in [-0.15, -0.1) is 0 Å². The molecular formula is C15H25NO2. The monoisotopic (exact) mass is 251 g/mol. The van der Waals surface area contributed by atoms with Crippen molar-refractivity contribution in [3.63, 3.8) is 0 Å². The van der Waals surface area contributed by atoms with Crippen molar-refractivity contribution in [1.82, 2.24) is 0 Å². The summed E-state index contributed by atoms with van der Waals surface area (Å²) in [5.41, 5.74) is 5.90. The molecule has 4 bridgehead atoms. The van der Waals surface area contributed by atoms with E-state index in [1.54, 1.807) is 0 Å². The summed E-state index contributed by atoms with van der Waals surface area (Å²) in [6.45, 7) is 6.50. The molecule has 18 heavy (non-hydrogen) atoms. The van der Waals surface area contributed by atoms with E-state index in [1.165, 1.54) is 6.42 Å². The molecule has 4 fully saturated rings. The Balaban J connectivity index is 2.12. The number of aliphatic carboxylic acids is 1. The molecule has 102 valence electrons. The smallest absolute Gasteiger partial charge is 0.310 e. The molecule has 3 nitrogen and oxygen atoms in total. The van der Waals surface area contributed by atoms with E-state index < -0.39 is 11.4 Å². The predicted molar refractivity (Wildman–Crippen MR) is 70.0 cm³/mol. The molecule has 0 aromatic heterocycles. The van der Waals surface area contributed by atoms with E-state index in [0.717, 1.165) is 25.7 Å². The van der Waals surface area contributed by atoms with Crippen molar-refractivity contribution >= 4 is 5.97 Å². The molecule has 4 aliphatic rings. The van der Waals surface area contributed by atoms with Crippen molar-refractivity contribution in [3.8, 4) is 0 Å². The number of rotatable bonds is 1. The zero-order valence-electron chi connectivity index (χ0n) is 11.7. The molecule has 3 unspecified atom stereocenters. The van der Waals surface area contributed by atoms with E-state index >= 15 is 0 Å². The molecule has 4 rings (SSSR count). The van der Waals surface area contributed by atoms with Gasteiger partial charge in [0.1, 0.15) is 0 Å². The van der Waals surface area contributed by atoms with Crippen LogP contribution in [0.15, 0.2) is 0 Å². The maximum Gasteiger partial charge on any atom is 0.310 e. The van der Waals surface area contributed by atoms with Crippen LogP contribution in [0.5, 0.6) is 0 Å². The minimum absolute atomic E-state index is 0.0274. The van der Waals surface area contributed by atoms with Crippen molar-refractivity contribution in [2.45, 2.75) is 58.4 Å². The summed E-state index contributed by atoms with van der Waals surface area (Å²) in [5.74, 6) is 0.628. The highest BCUT2D eigenvalue weighted by Gasteiger charge is 2.68. The zero-order valence-corrected chi connectivity index (χ0v) is 11.7. The van der Waals surface area contributed by atoms with Gasteiger partial charge in [0.2, 0.25) is 0 Å². The number of hydrogen-bond donors (Lipinski definition) is 2. The van der Waals surface area contributed by atoms with E-state index in [4.69, 9.17) is 5.73 Å². The highest BCUT2D eigenvalue weighted by molar-refractivity contribution is 5.76. The summed E-state index contributed by atoms with van der Waals surface area (Å²) in [5, 5.41) is 9.87. The van der Waals surface area contributed by atoms with Gasteiger partial charge in [0.25, 0.3) is 0 Å². The van der Waals surface area contributed by atoms with Crippen LogP contribution in [0.4, 0.5) is 0 Å². The molecule has 0 spiro atoms. The van der Waals surface area contributed by atoms with Gasteiger partial charge >= 0.3 is 5.97 Å². The van der Waals surface area contributed by atoms with Crippen LogP contribution in [0.1, 0.15) is 52.9 Å². The molecule has 0 saturated heterocycles. The van der Waals surface area contributed by atoms with E-state index in [0.29, 0.717) is 11.8 Å². The van der Waals surface area contributed by atoms with Crippen molar-refractivity contribution in [3.05, 3.63) is 0 Å². The second kappa shape index (κ2) is 3.30. The Kier molecular flexibility index (Phi) is 2.28. The first-order valence-corrected chi connectivity index (χ1v) is 7.20. The molecule has 4 aliphatic carbocycles. The fraction of sp³-hybridized carbons (Fsp3) is 0.933. The molecule has 0 aromatic carbocycles. The zero-order chi connectivity index (χ0) is 13.3. The standard InChI is InChI=1S/C15H25NO2/c1-13(2,3)11-14(12(17)18)5-9-4-10(6-14)8-15(11,16)7-9/h9-11H,4-8,16H2,1-3H3,(H,17,18). The number of carbonyl (C=O) groups is 1. The number of carboxylic acids is 1. The summed E-state index contributed by atoms with van der Waals surface area (Å²) >= 11 is 0. The third-order valence-electron chi connectivity index (χ3n) is 5.73. The van der Waals surface area contributed by atoms with Crippen molar-refractivity contribution < 1.29 is 9.90 Å². The minimum atomic E-state index is -0.591. The second-order valence-electron chi connectivity index (χ2n) is 8.28. The van der Waals surface area contributed by atoms with Gasteiger partial charge in [-0.2, -0.15) is 0 Å². The van der Waals surface area contributed by atoms with Gasteiger partial charge in [-0.25, -0.2) is 0 Å². The van der Waals surface area contributed by atoms with Crippen molar-refractivity contribution in [2.24, 2.45) is 34.3 Å². The van der Waals surface area contributed by atoms with Gasteiger partial charge < -0.3 is 10.8 Å². The Labute approximate surface area is 109 Å². The third kappa shape index (κ3) is 1.43. The fourth-order valence-electron chi connectivity index (χ4n) is 6.23. The minimum Gasteiger partial charge on any atom is -0.481 e. The molecule has 0 radical (unpaired) electrons. The maximum absolute atomic E-state index is 12.0. The van der Waals surface area contributed by atoms with Gasteiger partial charge in [-0.3, -0.25) is 4.79 Å². The van der Waals surface area contributed by atoms with Crippen LogP contribution in [-0.2, 0) is 4.79 Å². The first-order valence-electron chi connectivity index (χ1n) is 7.20. The lowest BCUT2D eigenvalue weighted by atomic mass is 9.38. The molecule has 3 heteroatoms. The lowest BCUT2D eigenvalue weighted by Gasteiger charge is -2.67. The fourth-order valence-corrected chi connectivity index (χ4v) is 6.23. The van der Waals surface area contributed by atoms with Crippen LogP contribution in [0.3, 0.4) is 0 Å². The Bertz CT molecular complexity index is 382. The predicted octanol–water partition coefficient (Wildman–Crippen LogP) is 2.64. The van der Waals surface area contributed by atoms with Gasteiger partial charge in [-0.1, -0.05) is 20.8 Å². The molecule has 0 amide bonds. The Morgan fingerprint density at radius 1 is 1.17 bits per heavy atom. The Morgan fingerprint density at radius 2 is 1.67 bits per heavy atom. The van der Waals surface area contributed by atoms with Gasteiger partial charge in [0.15, 0.2) is 0 Å². The number of hydrogen-bond acceptors (Lipinski definition) is 2. The average molecular weight is 251 g/mol. The van der Waals surface area contributed by atoms with E-state index in [1.807, 2.05) is 0 Å². The lowest BCUT2D eigenvalue weighted by molar-refractivity contribution is -0.195. The quantitative estimate of drug-likeness (QED) is 0.753. The Hall–Kier alpha value is -0.570. The van der Waals surface area contributed by atoms with Crippen LogP contribution in [-0.4, -0.2) is 16.6 Å². The average Bonchev–Trinajstić information content (AvgIpc) is 2.10. The van der Waals surface area contributed by atoms with Gasteiger partial charge in [0.05, 0.1) is 5.41 Å². The molecule has 3 atom stereocenters. The molecule has 3 N–H and O–H groups in total. The van der Waals surface area contributed by atoms with Gasteiger partial charge in [-0.05, 0) is 55.3 Å². The molecule has 4 saturated carbocycles. The second-order valence-corrected chi connectivity index (χ2v) is 8.28. The maximum atomic E-state index is 12.0. The topological polar surface area (TPSA) is 63.3 Å². The number of carboxylic acid groups (broad SMARTS) is 1. The van der Waals surface area contributed by atoms with Crippen LogP contribution in [0, 0.1) is 28.6 Å². The van der Waals surface area contributed by atoms with E-state index in [2.05, 4.69) is 20.8 Å². The van der Waals surface area contributed by atoms with E-state index in [-0.39, 0.29) is 16.9 Å². The highest BCUT2D eigenvalue weighted by Crippen LogP contribution is 2.67. The summed E-state index contributed by atoms with van der Waals surface area (Å²) < 4.78 is 0. The molecule has 0 aromatic rings. The number of nitrogens with two attached hydrogens (primary N) is 1. The van der Waals surface area contributed by atoms with Crippen molar-refractivity contribution in [1.29, 1.82) is 0 Å². The van der Waals surface area contributed by atoms with Crippen molar-refractivity contribution in [2.75, 3.05) is 0 Å². The van der Waals surface area contributed by atoms with Crippen LogP contribution >= 0.6 is 0 Å². The molecular weight excluding hydrogens is 226 g/mol. The Morgan fingerprint density at radius 3 is 2.06 bits per heavy atom. The summed E-state index contributed by atoms with van der Waals surface area (Å²) in [4.78, 5) is 12.0. The summed E-state index contributed by atoms with van der Waals surface area (Å²) in [6, 6.07) is 0. The van der Waals surface area contributed by atoms with Gasteiger partial charge in [0, 0.05) is 5.54 Å². The SMILES string of the molecule is CC(C)(C)C1C2(N)CC3CC(C2)CC1(C(=O)O)C3. The van der Waals surface area contributed by atoms with Crippen LogP contribution in [0.25, 0.3) is 0 Å². The first kappa shape index (κ1) is 12.5. The molecule has 0 heterocycles. The summed E-state index contributed by atoms with van der Waals surface area (Å²) in [6.07, 6.45) is 5.02. The lowest BCUT2D eigenvalue weighted by Crippen LogP contribution is -2.71. The van der Waals surface area contributed by atoms with Crippen LogP contribution in [0.2, 0.25) is 0 Å².